The molecular formula is C13H17ClN2O3. The smallest absolute Gasteiger partial charge is 0.262 e. The third-order valence-corrected chi connectivity index (χ3v) is 3.17. The maximum atomic E-state index is 11.2. The second kappa shape index (κ2) is 6.12. The number of fused-ring (bicyclic) bond motifs is 1. The lowest BCUT2D eigenvalue weighted by atomic mass is 10.2. The number of carbonyl (C=O) groups excluding carboxylic acids is 1. The maximum Gasteiger partial charge on any atom is 0.262 e. The number of carbonyl (C=O) groups is 1. The van der Waals surface area contributed by atoms with Crippen molar-refractivity contribution in [2.75, 3.05) is 31.0 Å². The fraction of sp³-hybridized carbons (Fsp3) is 0.462. The molecule has 2 rings (SSSR count). The van der Waals surface area contributed by atoms with Gasteiger partial charge in [-0.1, -0.05) is 11.6 Å². The number of nitrogens with one attached hydrogen (secondary N) is 2. The van der Waals surface area contributed by atoms with Crippen molar-refractivity contribution in [2.24, 2.45) is 0 Å². The van der Waals surface area contributed by atoms with Crippen LogP contribution in [0.2, 0.25) is 5.02 Å². The molecule has 1 heterocycles. The van der Waals surface area contributed by atoms with Crippen molar-refractivity contribution >= 4 is 28.9 Å². The van der Waals surface area contributed by atoms with Crippen molar-refractivity contribution in [1.82, 2.24) is 0 Å². The molecule has 0 radical (unpaired) electrons. The lowest BCUT2D eigenvalue weighted by molar-refractivity contribution is -0.118. The molecule has 0 saturated heterocycles. The van der Waals surface area contributed by atoms with Crippen molar-refractivity contribution in [3.8, 4) is 5.75 Å². The monoisotopic (exact) mass is 284 g/mol. The van der Waals surface area contributed by atoms with Crippen LogP contribution in [0.4, 0.5) is 11.4 Å². The maximum absolute atomic E-state index is 11.2. The van der Waals surface area contributed by atoms with Gasteiger partial charge in [-0.25, -0.2) is 0 Å². The molecule has 5 nitrogen and oxygen atoms in total. The molecule has 1 amide bonds. The molecule has 2 N–H and O–H groups in total. The number of benzene rings is 1. The summed E-state index contributed by atoms with van der Waals surface area (Å²) in [5.74, 6) is 0.461. The van der Waals surface area contributed by atoms with Crippen LogP contribution in [0.15, 0.2) is 12.1 Å². The molecule has 1 unspecified atom stereocenters. The second-order valence-electron chi connectivity index (χ2n) is 4.49. The van der Waals surface area contributed by atoms with Gasteiger partial charge >= 0.3 is 0 Å². The minimum Gasteiger partial charge on any atom is -0.482 e. The first-order valence-electron chi connectivity index (χ1n) is 6.12. The highest BCUT2D eigenvalue weighted by Gasteiger charge is 2.18. The molecule has 104 valence electrons. The zero-order valence-corrected chi connectivity index (χ0v) is 11.7. The molecular weight excluding hydrogens is 268 g/mol. The van der Waals surface area contributed by atoms with Gasteiger partial charge < -0.3 is 20.1 Å². The minimum absolute atomic E-state index is 0.0350. The van der Waals surface area contributed by atoms with E-state index in [1.165, 1.54) is 0 Å². The van der Waals surface area contributed by atoms with Crippen molar-refractivity contribution in [2.45, 2.75) is 19.4 Å². The standard InChI is InChI=1S/C13H17ClN2O3/c1-8(3-4-18-2)15-10-6-12-11(5-9(10)14)16-13(17)7-19-12/h5-6,8,15H,3-4,7H2,1-2H3,(H,16,17). The molecule has 19 heavy (non-hydrogen) atoms. The highest BCUT2D eigenvalue weighted by molar-refractivity contribution is 6.33. The summed E-state index contributed by atoms with van der Waals surface area (Å²) in [6.45, 7) is 2.77. The highest BCUT2D eigenvalue weighted by Crippen LogP contribution is 2.36. The van der Waals surface area contributed by atoms with E-state index in [1.807, 2.05) is 0 Å². The van der Waals surface area contributed by atoms with Gasteiger partial charge in [0, 0.05) is 25.8 Å². The SMILES string of the molecule is COCCC(C)Nc1cc2c(cc1Cl)NC(=O)CO2. The number of hydrogen-bond donors (Lipinski definition) is 2. The molecule has 1 aromatic carbocycles. The number of rotatable bonds is 5. The Morgan fingerprint density at radius 2 is 2.37 bits per heavy atom. The van der Waals surface area contributed by atoms with Crippen molar-refractivity contribution in [3.63, 3.8) is 0 Å². The van der Waals surface area contributed by atoms with Crippen LogP contribution in [0.25, 0.3) is 0 Å². The summed E-state index contributed by atoms with van der Waals surface area (Å²) in [6, 6.07) is 3.73. The predicted octanol–water partition coefficient (Wildman–Crippen LogP) is 2.51. The topological polar surface area (TPSA) is 59.6 Å². The average molecular weight is 285 g/mol. The molecule has 6 heteroatoms. The van der Waals surface area contributed by atoms with Crippen LogP contribution in [-0.2, 0) is 9.53 Å². The Kier molecular flexibility index (Phi) is 4.50. The van der Waals surface area contributed by atoms with Gasteiger partial charge in [-0.2, -0.15) is 0 Å². The van der Waals surface area contributed by atoms with Gasteiger partial charge in [0.15, 0.2) is 6.61 Å². The van der Waals surface area contributed by atoms with Crippen molar-refractivity contribution in [3.05, 3.63) is 17.2 Å². The van der Waals surface area contributed by atoms with E-state index >= 15 is 0 Å². The average Bonchev–Trinajstić information content (AvgIpc) is 2.37. The molecule has 0 fully saturated rings. The normalized spacial score (nSPS) is 15.2. The summed E-state index contributed by atoms with van der Waals surface area (Å²) in [4.78, 5) is 11.2. The molecule has 0 spiro atoms. The first-order valence-corrected chi connectivity index (χ1v) is 6.49. The number of amides is 1. The number of ether oxygens (including phenoxy) is 2. The fourth-order valence-electron chi connectivity index (χ4n) is 1.84. The molecule has 1 aliphatic rings. The summed E-state index contributed by atoms with van der Waals surface area (Å²) in [6.07, 6.45) is 0.876. The van der Waals surface area contributed by atoms with Crippen molar-refractivity contribution in [1.29, 1.82) is 0 Å². The lowest BCUT2D eigenvalue weighted by Gasteiger charge is -2.21. The van der Waals surface area contributed by atoms with Crippen molar-refractivity contribution < 1.29 is 14.3 Å². The molecule has 0 saturated carbocycles. The van der Waals surface area contributed by atoms with Gasteiger partial charge in [-0.3, -0.25) is 4.79 Å². The molecule has 1 aliphatic heterocycles. The van der Waals surface area contributed by atoms with Gasteiger partial charge in [0.25, 0.3) is 5.91 Å². The number of hydrogen-bond acceptors (Lipinski definition) is 4. The van der Waals surface area contributed by atoms with Gasteiger partial charge in [0.1, 0.15) is 5.75 Å². The molecule has 0 bridgehead atoms. The van der Waals surface area contributed by atoms with Crippen LogP contribution in [0, 0.1) is 0 Å². The van der Waals surface area contributed by atoms with E-state index in [9.17, 15) is 4.79 Å². The zero-order chi connectivity index (χ0) is 13.8. The molecule has 1 aromatic rings. The summed E-state index contributed by atoms with van der Waals surface area (Å²) in [5, 5.41) is 6.57. The van der Waals surface area contributed by atoms with E-state index in [0.29, 0.717) is 23.1 Å². The number of halogens is 1. The number of methoxy groups -OCH3 is 1. The molecule has 0 aromatic heterocycles. The van der Waals surface area contributed by atoms with Crippen LogP contribution in [-0.4, -0.2) is 32.3 Å². The van der Waals surface area contributed by atoms with E-state index in [0.717, 1.165) is 12.1 Å². The summed E-state index contributed by atoms with van der Waals surface area (Å²) >= 11 is 6.19. The minimum atomic E-state index is -0.169. The Balaban J connectivity index is 2.11. The van der Waals surface area contributed by atoms with Crippen LogP contribution in [0.3, 0.4) is 0 Å². The van der Waals surface area contributed by atoms with E-state index in [-0.39, 0.29) is 18.6 Å². The highest BCUT2D eigenvalue weighted by atomic mass is 35.5. The van der Waals surface area contributed by atoms with Gasteiger partial charge in [0.2, 0.25) is 0 Å². The first-order chi connectivity index (χ1) is 9.10. The van der Waals surface area contributed by atoms with Crippen LogP contribution in [0.5, 0.6) is 5.75 Å². The van der Waals surface area contributed by atoms with E-state index in [2.05, 4.69) is 17.6 Å². The van der Waals surface area contributed by atoms with E-state index in [4.69, 9.17) is 21.1 Å². The molecule has 1 atom stereocenters. The molecule has 0 aliphatic carbocycles. The van der Waals surface area contributed by atoms with Crippen LogP contribution in [0.1, 0.15) is 13.3 Å². The Morgan fingerprint density at radius 3 is 3.11 bits per heavy atom. The Morgan fingerprint density at radius 1 is 1.58 bits per heavy atom. The van der Waals surface area contributed by atoms with E-state index in [1.54, 1.807) is 19.2 Å². The predicted molar refractivity (Wildman–Crippen MR) is 75.2 cm³/mol. The van der Waals surface area contributed by atoms with Crippen LogP contribution >= 0.6 is 11.6 Å². The zero-order valence-electron chi connectivity index (χ0n) is 11.0. The van der Waals surface area contributed by atoms with Gasteiger partial charge in [-0.05, 0) is 19.4 Å². The fourth-order valence-corrected chi connectivity index (χ4v) is 2.06. The van der Waals surface area contributed by atoms with Gasteiger partial charge in [0.05, 0.1) is 16.4 Å². The third kappa shape index (κ3) is 3.52. The summed E-state index contributed by atoms with van der Waals surface area (Å²) < 4.78 is 10.4. The first kappa shape index (κ1) is 14.0. The Labute approximate surface area is 117 Å². The van der Waals surface area contributed by atoms with E-state index < -0.39 is 0 Å². The Bertz CT molecular complexity index is 479. The number of anilines is 2. The van der Waals surface area contributed by atoms with Gasteiger partial charge in [-0.15, -0.1) is 0 Å². The third-order valence-electron chi connectivity index (χ3n) is 2.86. The lowest BCUT2D eigenvalue weighted by Crippen LogP contribution is -2.25. The Hall–Kier alpha value is -1.46. The summed E-state index contributed by atoms with van der Waals surface area (Å²) in [7, 11) is 1.68. The second-order valence-corrected chi connectivity index (χ2v) is 4.90. The summed E-state index contributed by atoms with van der Waals surface area (Å²) in [5.41, 5.74) is 1.40. The largest absolute Gasteiger partial charge is 0.482 e. The quantitative estimate of drug-likeness (QED) is 0.872. The van der Waals surface area contributed by atoms with Crippen LogP contribution < -0.4 is 15.4 Å².